The fourth-order valence-electron chi connectivity index (χ4n) is 4.53. The summed E-state index contributed by atoms with van der Waals surface area (Å²) in [6.07, 6.45) is 5.63. The van der Waals surface area contributed by atoms with Crippen molar-refractivity contribution in [2.45, 2.75) is 58.3 Å². The van der Waals surface area contributed by atoms with E-state index in [-0.39, 0.29) is 36.5 Å². The van der Waals surface area contributed by atoms with E-state index in [1.165, 1.54) is 0 Å². The molecule has 1 aliphatic heterocycles. The van der Waals surface area contributed by atoms with Crippen LogP contribution in [0.4, 0.5) is 5.69 Å². The van der Waals surface area contributed by atoms with Gasteiger partial charge in [-0.3, -0.25) is 14.6 Å². The van der Waals surface area contributed by atoms with Crippen LogP contribution in [-0.4, -0.2) is 90.4 Å². The molecule has 9 nitrogen and oxygen atoms in total. The highest BCUT2D eigenvalue weighted by molar-refractivity contribution is 6.05. The van der Waals surface area contributed by atoms with Gasteiger partial charge in [0.25, 0.3) is 11.8 Å². The highest BCUT2D eigenvalue weighted by atomic mass is 16.5. The number of hydrogen-bond acceptors (Lipinski definition) is 7. The van der Waals surface area contributed by atoms with Gasteiger partial charge in [-0.1, -0.05) is 6.92 Å². The fourth-order valence-corrected chi connectivity index (χ4v) is 4.53. The number of anilines is 1. The maximum atomic E-state index is 14.1. The van der Waals surface area contributed by atoms with Crippen LogP contribution in [0, 0.1) is 5.92 Å². The monoisotopic (exact) mass is 526 g/mol. The number of nitrogens with zero attached hydrogens (tertiary/aromatic N) is 3. The third kappa shape index (κ3) is 8.24. The first-order chi connectivity index (χ1) is 18.2. The molecule has 2 amide bonds. The van der Waals surface area contributed by atoms with Crippen LogP contribution in [0.2, 0.25) is 0 Å². The number of nitrogens with one attached hydrogen (secondary N) is 1. The standard InChI is InChI=1S/C29H42N4O5/c1-20-17-33(21(2)19-34)29(36)25-16-24(31-28(35)23-11-13-30-14-12-23)9-10-26(25)38-22(3)8-6-7-15-37-27(20)18-32(4)5/h9-14,16,20-22,27,34H,6-8,15,17-19H2,1-5H3,(H,31,35)/t20-,21+,22-,27-/m0/s1. The first-order valence-corrected chi connectivity index (χ1v) is 13.4. The van der Waals surface area contributed by atoms with Gasteiger partial charge in [0.2, 0.25) is 0 Å². The molecule has 2 aromatic rings. The van der Waals surface area contributed by atoms with Crippen LogP contribution in [0.1, 0.15) is 60.7 Å². The Morgan fingerprint density at radius 2 is 1.95 bits per heavy atom. The predicted octanol–water partition coefficient (Wildman–Crippen LogP) is 3.69. The van der Waals surface area contributed by atoms with Crippen LogP contribution < -0.4 is 10.1 Å². The van der Waals surface area contributed by atoms with Gasteiger partial charge in [-0.2, -0.15) is 0 Å². The molecule has 1 aliphatic rings. The summed E-state index contributed by atoms with van der Waals surface area (Å²) in [7, 11) is 4.02. The first-order valence-electron chi connectivity index (χ1n) is 13.4. The van der Waals surface area contributed by atoms with Crippen LogP contribution >= 0.6 is 0 Å². The number of rotatable bonds is 6. The van der Waals surface area contributed by atoms with E-state index in [1.807, 2.05) is 27.9 Å². The van der Waals surface area contributed by atoms with Gasteiger partial charge in [0, 0.05) is 49.3 Å². The highest BCUT2D eigenvalue weighted by Gasteiger charge is 2.30. The average Bonchev–Trinajstić information content (AvgIpc) is 2.90. The van der Waals surface area contributed by atoms with Gasteiger partial charge < -0.3 is 29.7 Å². The second kappa shape index (κ2) is 14.2. The molecule has 2 heterocycles. The Hall–Kier alpha value is -3.01. The van der Waals surface area contributed by atoms with Crippen molar-refractivity contribution in [2.24, 2.45) is 5.92 Å². The van der Waals surface area contributed by atoms with E-state index < -0.39 is 6.04 Å². The van der Waals surface area contributed by atoms with E-state index in [9.17, 15) is 14.7 Å². The summed E-state index contributed by atoms with van der Waals surface area (Å²) in [5.41, 5.74) is 1.29. The molecule has 0 saturated heterocycles. The number of aliphatic hydroxyl groups is 1. The molecule has 4 atom stereocenters. The van der Waals surface area contributed by atoms with E-state index >= 15 is 0 Å². The topological polar surface area (TPSA) is 104 Å². The quantitative estimate of drug-likeness (QED) is 0.592. The minimum atomic E-state index is -0.418. The van der Waals surface area contributed by atoms with Crippen molar-refractivity contribution in [3.05, 3.63) is 53.9 Å². The zero-order chi connectivity index (χ0) is 27.7. The maximum Gasteiger partial charge on any atom is 0.258 e. The highest BCUT2D eigenvalue weighted by Crippen LogP contribution is 2.28. The number of carbonyl (C=O) groups is 2. The molecule has 0 fully saturated rings. The molecule has 0 spiro atoms. The number of aliphatic hydroxyl groups excluding tert-OH is 1. The number of likely N-dealkylation sites (N-methyl/N-ethyl adjacent to an activating group) is 1. The van der Waals surface area contributed by atoms with Gasteiger partial charge >= 0.3 is 0 Å². The summed E-state index contributed by atoms with van der Waals surface area (Å²) in [5, 5.41) is 12.9. The number of pyridine rings is 1. The largest absolute Gasteiger partial charge is 0.490 e. The molecular formula is C29H42N4O5. The molecule has 0 saturated carbocycles. The predicted molar refractivity (Wildman–Crippen MR) is 148 cm³/mol. The zero-order valence-corrected chi connectivity index (χ0v) is 23.2. The number of aromatic nitrogens is 1. The molecule has 1 aromatic carbocycles. The van der Waals surface area contributed by atoms with Crippen LogP contribution in [-0.2, 0) is 4.74 Å². The van der Waals surface area contributed by atoms with Gasteiger partial charge in [0.05, 0.1) is 30.4 Å². The van der Waals surface area contributed by atoms with Crippen molar-refractivity contribution in [3.8, 4) is 5.75 Å². The van der Waals surface area contributed by atoms with Crippen LogP contribution in [0.3, 0.4) is 0 Å². The minimum Gasteiger partial charge on any atom is -0.490 e. The van der Waals surface area contributed by atoms with Crippen molar-refractivity contribution >= 4 is 17.5 Å². The lowest BCUT2D eigenvalue weighted by atomic mass is 10.0. The molecule has 3 rings (SSSR count). The van der Waals surface area contributed by atoms with Gasteiger partial charge in [-0.25, -0.2) is 0 Å². The molecule has 9 heteroatoms. The van der Waals surface area contributed by atoms with Crippen LogP contribution in [0.25, 0.3) is 0 Å². The molecule has 38 heavy (non-hydrogen) atoms. The van der Waals surface area contributed by atoms with Gasteiger partial charge in [-0.15, -0.1) is 0 Å². The lowest BCUT2D eigenvalue weighted by Gasteiger charge is -2.35. The van der Waals surface area contributed by atoms with Crippen molar-refractivity contribution in [1.29, 1.82) is 0 Å². The first kappa shape index (κ1) is 29.5. The Labute approximate surface area is 226 Å². The van der Waals surface area contributed by atoms with Crippen molar-refractivity contribution in [1.82, 2.24) is 14.8 Å². The molecular weight excluding hydrogens is 484 g/mol. The van der Waals surface area contributed by atoms with Gasteiger partial charge in [0.1, 0.15) is 5.75 Å². The molecule has 1 aromatic heterocycles. The van der Waals surface area contributed by atoms with Crippen molar-refractivity contribution in [2.75, 3.05) is 45.7 Å². The Balaban J connectivity index is 1.98. The maximum absolute atomic E-state index is 14.1. The molecule has 208 valence electrons. The number of carbonyl (C=O) groups excluding carboxylic acids is 2. The Kier molecular flexibility index (Phi) is 11.1. The molecule has 0 bridgehead atoms. The van der Waals surface area contributed by atoms with E-state index in [4.69, 9.17) is 9.47 Å². The Bertz CT molecular complexity index is 1050. The van der Waals surface area contributed by atoms with Crippen molar-refractivity contribution in [3.63, 3.8) is 0 Å². The number of benzene rings is 1. The third-order valence-electron chi connectivity index (χ3n) is 6.80. The smallest absolute Gasteiger partial charge is 0.258 e. The Morgan fingerprint density at radius 3 is 2.63 bits per heavy atom. The molecule has 0 unspecified atom stereocenters. The Morgan fingerprint density at radius 1 is 1.21 bits per heavy atom. The average molecular weight is 527 g/mol. The summed E-state index contributed by atoms with van der Waals surface area (Å²) in [4.78, 5) is 34.6. The van der Waals surface area contributed by atoms with E-state index in [0.29, 0.717) is 35.7 Å². The van der Waals surface area contributed by atoms with Crippen LogP contribution in [0.15, 0.2) is 42.7 Å². The summed E-state index contributed by atoms with van der Waals surface area (Å²) < 4.78 is 12.5. The molecule has 2 N–H and O–H groups in total. The summed E-state index contributed by atoms with van der Waals surface area (Å²) >= 11 is 0. The van der Waals surface area contributed by atoms with Crippen LogP contribution in [0.5, 0.6) is 5.75 Å². The second-order valence-electron chi connectivity index (χ2n) is 10.5. The number of ether oxygens (including phenoxy) is 2. The summed E-state index contributed by atoms with van der Waals surface area (Å²) in [6.45, 7) is 7.51. The summed E-state index contributed by atoms with van der Waals surface area (Å²) in [5.74, 6) is -0.0735. The summed E-state index contributed by atoms with van der Waals surface area (Å²) in [6, 6.07) is 7.97. The number of hydrogen-bond donors (Lipinski definition) is 2. The van der Waals surface area contributed by atoms with E-state index in [0.717, 1.165) is 25.8 Å². The molecule has 0 radical (unpaired) electrons. The third-order valence-corrected chi connectivity index (χ3v) is 6.80. The molecule has 0 aliphatic carbocycles. The van der Waals surface area contributed by atoms with Crippen molar-refractivity contribution < 1.29 is 24.2 Å². The van der Waals surface area contributed by atoms with E-state index in [1.54, 1.807) is 47.6 Å². The lowest BCUT2D eigenvalue weighted by molar-refractivity contribution is -0.0137. The number of fused-ring (bicyclic) bond motifs is 1. The fraction of sp³-hybridized carbons (Fsp3) is 0.552. The zero-order valence-electron chi connectivity index (χ0n) is 23.2. The van der Waals surface area contributed by atoms with E-state index in [2.05, 4.69) is 22.1 Å². The second-order valence-corrected chi connectivity index (χ2v) is 10.5. The number of amides is 2. The SMILES string of the molecule is C[C@H](CO)N1C[C@H](C)[C@H](CN(C)C)OCCCC[C@H](C)Oc2ccc(NC(=O)c3ccncc3)cc2C1=O. The van der Waals surface area contributed by atoms with Gasteiger partial charge in [0.15, 0.2) is 0 Å². The minimum absolute atomic E-state index is 0.0242. The normalized spacial score (nSPS) is 22.2. The lowest BCUT2D eigenvalue weighted by Crippen LogP contribution is -2.47. The van der Waals surface area contributed by atoms with Gasteiger partial charge in [-0.05, 0) is 77.5 Å².